The van der Waals surface area contributed by atoms with E-state index in [2.05, 4.69) is 15.6 Å². The van der Waals surface area contributed by atoms with Crippen molar-refractivity contribution in [2.45, 2.75) is 19.4 Å². The summed E-state index contributed by atoms with van der Waals surface area (Å²) in [5.74, 6) is 0.830. The van der Waals surface area contributed by atoms with Gasteiger partial charge in [-0.25, -0.2) is 9.78 Å². The number of amides is 2. The number of nitrogens with one attached hydrogen (secondary N) is 2. The molecule has 7 heteroatoms. The van der Waals surface area contributed by atoms with Gasteiger partial charge in [-0.3, -0.25) is 9.36 Å². The van der Waals surface area contributed by atoms with Crippen LogP contribution in [0.3, 0.4) is 0 Å². The van der Waals surface area contributed by atoms with Crippen LogP contribution in [0.5, 0.6) is 0 Å². The van der Waals surface area contributed by atoms with E-state index in [9.17, 15) is 9.59 Å². The Kier molecular flexibility index (Phi) is 3.89. The van der Waals surface area contributed by atoms with Gasteiger partial charge >= 0.3 is 6.03 Å². The molecule has 0 unspecified atom stereocenters. The summed E-state index contributed by atoms with van der Waals surface area (Å²) in [5.41, 5.74) is 1.71. The number of urea groups is 1. The number of halogens is 1. The summed E-state index contributed by atoms with van der Waals surface area (Å²) >= 11 is 5.90. The number of carbonyl (C=O) groups excluding carboxylic acids is 1. The van der Waals surface area contributed by atoms with E-state index in [1.165, 1.54) is 0 Å². The summed E-state index contributed by atoms with van der Waals surface area (Å²) in [6, 6.07) is 11.6. The zero-order chi connectivity index (χ0) is 17.4. The molecule has 0 saturated carbocycles. The minimum absolute atomic E-state index is 0.0589. The van der Waals surface area contributed by atoms with Crippen molar-refractivity contribution in [2.75, 3.05) is 10.6 Å². The van der Waals surface area contributed by atoms with Crippen molar-refractivity contribution in [1.29, 1.82) is 0 Å². The number of carbonyl (C=O) groups is 1. The molecular weight excluding hydrogens is 340 g/mol. The average Bonchev–Trinajstić information content (AvgIpc) is 3.04. The maximum absolute atomic E-state index is 12.6. The Bertz CT molecular complexity index is 1040. The van der Waals surface area contributed by atoms with Gasteiger partial charge < -0.3 is 10.6 Å². The molecule has 2 aromatic carbocycles. The Morgan fingerprint density at radius 3 is 2.72 bits per heavy atom. The van der Waals surface area contributed by atoms with Crippen LogP contribution < -0.4 is 16.2 Å². The van der Waals surface area contributed by atoms with Crippen LogP contribution in [0.15, 0.2) is 47.3 Å². The largest absolute Gasteiger partial charge is 0.323 e. The van der Waals surface area contributed by atoms with Crippen LogP contribution in [-0.4, -0.2) is 15.6 Å². The fourth-order valence-electron chi connectivity index (χ4n) is 3.02. The molecule has 0 saturated heterocycles. The molecule has 4 rings (SSSR count). The molecule has 6 nitrogen and oxygen atoms in total. The molecule has 0 spiro atoms. The highest BCUT2D eigenvalue weighted by Crippen LogP contribution is 2.19. The van der Waals surface area contributed by atoms with Crippen molar-refractivity contribution in [1.82, 2.24) is 9.55 Å². The molecule has 1 aromatic heterocycles. The second-order valence-electron chi connectivity index (χ2n) is 5.91. The number of nitrogens with zero attached hydrogens (tertiary/aromatic N) is 2. The second kappa shape index (κ2) is 6.22. The van der Waals surface area contributed by atoms with Crippen molar-refractivity contribution in [3.63, 3.8) is 0 Å². The monoisotopic (exact) mass is 354 g/mol. The normalized spacial score (nSPS) is 12.8. The number of rotatable bonds is 2. The predicted molar refractivity (Wildman–Crippen MR) is 98.4 cm³/mol. The summed E-state index contributed by atoms with van der Waals surface area (Å²) < 4.78 is 1.71. The van der Waals surface area contributed by atoms with Crippen LogP contribution in [0, 0.1) is 0 Å². The summed E-state index contributed by atoms with van der Waals surface area (Å²) in [6.45, 7) is 0.698. The van der Waals surface area contributed by atoms with Gasteiger partial charge in [-0.05, 0) is 42.8 Å². The zero-order valence-corrected chi connectivity index (χ0v) is 14.0. The quantitative estimate of drug-likeness (QED) is 0.737. The molecule has 3 aromatic rings. The van der Waals surface area contributed by atoms with Crippen LogP contribution >= 0.6 is 11.6 Å². The van der Waals surface area contributed by atoms with E-state index in [1.54, 1.807) is 47.0 Å². The number of aromatic nitrogens is 2. The molecule has 0 fully saturated rings. The topological polar surface area (TPSA) is 76.0 Å². The van der Waals surface area contributed by atoms with Crippen molar-refractivity contribution in [2.24, 2.45) is 0 Å². The molecule has 0 bridgehead atoms. The first-order valence-electron chi connectivity index (χ1n) is 7.97. The third kappa shape index (κ3) is 3.08. The van der Waals surface area contributed by atoms with Crippen LogP contribution in [-0.2, 0) is 13.0 Å². The standard InChI is InChI=1S/C18H15ClN4O2/c19-11-3-1-4-12(9-11)20-18(25)21-13-6-7-15-14(10-13)17(24)23-8-2-5-16(23)22-15/h1,3-4,6-7,9-10H,2,5,8H2,(H2,20,21,25). The molecule has 0 aliphatic carbocycles. The van der Waals surface area contributed by atoms with Crippen LogP contribution in [0.2, 0.25) is 5.02 Å². The molecule has 0 radical (unpaired) electrons. The SMILES string of the molecule is O=C(Nc1cccc(Cl)c1)Nc1ccc2nc3n(c(=O)c2c1)CCC3. The van der Waals surface area contributed by atoms with E-state index < -0.39 is 6.03 Å². The first kappa shape index (κ1) is 15.7. The van der Waals surface area contributed by atoms with E-state index in [4.69, 9.17) is 11.6 Å². The Hall–Kier alpha value is -2.86. The summed E-state index contributed by atoms with van der Waals surface area (Å²) in [4.78, 5) is 29.2. The molecule has 0 atom stereocenters. The Morgan fingerprint density at radius 1 is 1.12 bits per heavy atom. The first-order chi connectivity index (χ1) is 12.1. The van der Waals surface area contributed by atoms with Gasteiger partial charge in [-0.1, -0.05) is 17.7 Å². The van der Waals surface area contributed by atoms with Gasteiger partial charge in [-0.2, -0.15) is 0 Å². The van der Waals surface area contributed by atoms with Gasteiger partial charge in [0.05, 0.1) is 10.9 Å². The van der Waals surface area contributed by atoms with Gasteiger partial charge in [0.25, 0.3) is 5.56 Å². The van der Waals surface area contributed by atoms with Crippen molar-refractivity contribution in [3.8, 4) is 0 Å². The molecule has 2 N–H and O–H groups in total. The zero-order valence-electron chi connectivity index (χ0n) is 13.3. The molecule has 2 heterocycles. The fraction of sp³-hybridized carbons (Fsp3) is 0.167. The van der Waals surface area contributed by atoms with E-state index in [0.717, 1.165) is 18.7 Å². The molecule has 1 aliphatic heterocycles. The van der Waals surface area contributed by atoms with Crippen molar-refractivity contribution in [3.05, 3.63) is 63.7 Å². The summed E-state index contributed by atoms with van der Waals surface area (Å²) in [6.07, 6.45) is 1.76. The second-order valence-corrected chi connectivity index (χ2v) is 6.35. The van der Waals surface area contributed by atoms with E-state index >= 15 is 0 Å². The van der Waals surface area contributed by atoms with Gasteiger partial charge in [0.2, 0.25) is 0 Å². The Balaban J connectivity index is 1.59. The number of benzene rings is 2. The number of fused-ring (bicyclic) bond motifs is 2. The van der Waals surface area contributed by atoms with E-state index in [-0.39, 0.29) is 5.56 Å². The minimum atomic E-state index is -0.407. The summed E-state index contributed by atoms with van der Waals surface area (Å²) in [7, 11) is 0. The highest BCUT2D eigenvalue weighted by molar-refractivity contribution is 6.30. The van der Waals surface area contributed by atoms with Crippen LogP contribution in [0.25, 0.3) is 10.9 Å². The third-order valence-corrected chi connectivity index (χ3v) is 4.39. The van der Waals surface area contributed by atoms with Gasteiger partial charge in [0.1, 0.15) is 5.82 Å². The molecule has 2 amide bonds. The molecular formula is C18H15ClN4O2. The molecule has 126 valence electrons. The van der Waals surface area contributed by atoms with Crippen molar-refractivity contribution < 1.29 is 4.79 Å². The van der Waals surface area contributed by atoms with Gasteiger partial charge in [0.15, 0.2) is 0 Å². The number of anilines is 2. The molecule has 25 heavy (non-hydrogen) atoms. The van der Waals surface area contributed by atoms with Crippen LogP contribution in [0.4, 0.5) is 16.2 Å². The lowest BCUT2D eigenvalue weighted by atomic mass is 10.2. The summed E-state index contributed by atoms with van der Waals surface area (Å²) in [5, 5.41) is 6.47. The van der Waals surface area contributed by atoms with Gasteiger partial charge in [-0.15, -0.1) is 0 Å². The average molecular weight is 355 g/mol. The minimum Gasteiger partial charge on any atom is -0.308 e. The highest BCUT2D eigenvalue weighted by Gasteiger charge is 2.16. The predicted octanol–water partition coefficient (Wildman–Crippen LogP) is 3.64. The lowest BCUT2D eigenvalue weighted by Gasteiger charge is -2.09. The Labute approximate surface area is 148 Å². The first-order valence-corrected chi connectivity index (χ1v) is 8.35. The fourth-order valence-corrected chi connectivity index (χ4v) is 3.21. The lowest BCUT2D eigenvalue weighted by molar-refractivity contribution is 0.262. The number of aryl methyl sites for hydroxylation is 1. The smallest absolute Gasteiger partial charge is 0.308 e. The number of hydrogen-bond acceptors (Lipinski definition) is 3. The maximum Gasteiger partial charge on any atom is 0.323 e. The highest BCUT2D eigenvalue weighted by atomic mass is 35.5. The van der Waals surface area contributed by atoms with E-state index in [0.29, 0.717) is 33.8 Å². The number of hydrogen-bond donors (Lipinski definition) is 2. The lowest BCUT2D eigenvalue weighted by Crippen LogP contribution is -2.22. The third-order valence-electron chi connectivity index (χ3n) is 4.16. The van der Waals surface area contributed by atoms with Crippen LogP contribution in [0.1, 0.15) is 12.2 Å². The van der Waals surface area contributed by atoms with Gasteiger partial charge in [0, 0.05) is 29.4 Å². The maximum atomic E-state index is 12.6. The Morgan fingerprint density at radius 2 is 1.92 bits per heavy atom. The molecule has 1 aliphatic rings. The van der Waals surface area contributed by atoms with E-state index in [1.807, 2.05) is 0 Å². The van der Waals surface area contributed by atoms with Crippen molar-refractivity contribution >= 4 is 39.9 Å².